The highest BCUT2D eigenvalue weighted by molar-refractivity contribution is 5.91. The lowest BCUT2D eigenvalue weighted by molar-refractivity contribution is -0.138. The Kier molecular flexibility index (Phi) is 9.58. The number of hydrogen-bond acceptors (Lipinski definition) is 6. The van der Waals surface area contributed by atoms with E-state index in [-0.39, 0.29) is 31.0 Å². The standard InChI is InChI=1S/C15H25N9O4/c1-8(2)3-11(14(27)18-7-12(25)26)22-15(28)13-9(5-19-23-16)4-10(21-13)6-20-24-17/h8-11,13,21H,3-7H2,1-2H3,(H,18,27)(H,22,28)(H,25,26)/t9-,10+,11-,13+/m0/s1. The molecule has 13 heteroatoms. The van der Waals surface area contributed by atoms with Crippen molar-refractivity contribution >= 4 is 17.8 Å². The quantitative estimate of drug-likeness (QED) is 0.225. The van der Waals surface area contributed by atoms with Gasteiger partial charge in [-0.2, -0.15) is 0 Å². The normalized spacial score (nSPS) is 21.9. The molecule has 1 saturated heterocycles. The second-order valence-electron chi connectivity index (χ2n) is 6.97. The molecule has 0 spiro atoms. The highest BCUT2D eigenvalue weighted by Crippen LogP contribution is 2.22. The topological polar surface area (TPSA) is 205 Å². The van der Waals surface area contributed by atoms with E-state index < -0.39 is 36.4 Å². The molecular weight excluding hydrogens is 370 g/mol. The summed E-state index contributed by atoms with van der Waals surface area (Å²) in [5.74, 6) is -2.47. The third kappa shape index (κ3) is 7.70. The van der Waals surface area contributed by atoms with Crippen LogP contribution in [0.3, 0.4) is 0 Å². The molecule has 1 heterocycles. The monoisotopic (exact) mass is 395 g/mol. The van der Waals surface area contributed by atoms with Crippen molar-refractivity contribution in [1.82, 2.24) is 16.0 Å². The Labute approximate surface area is 161 Å². The maximum Gasteiger partial charge on any atom is 0.322 e. The maximum absolute atomic E-state index is 12.8. The second kappa shape index (κ2) is 11.7. The molecule has 13 nitrogen and oxygen atoms in total. The van der Waals surface area contributed by atoms with Gasteiger partial charge in [-0.15, -0.1) is 0 Å². The Morgan fingerprint density at radius 2 is 1.86 bits per heavy atom. The van der Waals surface area contributed by atoms with Gasteiger partial charge >= 0.3 is 5.97 Å². The van der Waals surface area contributed by atoms with Gasteiger partial charge in [0.2, 0.25) is 11.8 Å². The van der Waals surface area contributed by atoms with Crippen molar-refractivity contribution in [2.45, 2.75) is 44.8 Å². The predicted molar refractivity (Wildman–Crippen MR) is 98.9 cm³/mol. The minimum atomic E-state index is -1.18. The molecule has 4 atom stereocenters. The molecule has 1 fully saturated rings. The molecule has 154 valence electrons. The predicted octanol–water partition coefficient (Wildman–Crippen LogP) is 0.685. The summed E-state index contributed by atoms with van der Waals surface area (Å²) in [5, 5.41) is 23.7. The molecule has 0 aromatic carbocycles. The molecular formula is C15H25N9O4. The summed E-state index contributed by atoms with van der Waals surface area (Å²) in [6, 6.07) is -1.88. The highest BCUT2D eigenvalue weighted by Gasteiger charge is 2.38. The van der Waals surface area contributed by atoms with Crippen molar-refractivity contribution in [1.29, 1.82) is 0 Å². The van der Waals surface area contributed by atoms with E-state index in [2.05, 4.69) is 36.0 Å². The van der Waals surface area contributed by atoms with E-state index in [1.54, 1.807) is 0 Å². The number of rotatable bonds is 11. The van der Waals surface area contributed by atoms with Crippen molar-refractivity contribution in [3.8, 4) is 0 Å². The van der Waals surface area contributed by atoms with E-state index in [1.165, 1.54) is 0 Å². The zero-order chi connectivity index (χ0) is 21.1. The van der Waals surface area contributed by atoms with Crippen LogP contribution in [0.25, 0.3) is 20.9 Å². The lowest BCUT2D eigenvalue weighted by atomic mass is 9.97. The molecule has 0 aromatic rings. The highest BCUT2D eigenvalue weighted by atomic mass is 16.4. The van der Waals surface area contributed by atoms with Crippen LogP contribution >= 0.6 is 0 Å². The van der Waals surface area contributed by atoms with Crippen LogP contribution in [-0.4, -0.2) is 60.6 Å². The first-order chi connectivity index (χ1) is 13.3. The number of nitrogens with zero attached hydrogens (tertiary/aromatic N) is 6. The number of carbonyl (C=O) groups is 3. The molecule has 0 aromatic heterocycles. The minimum Gasteiger partial charge on any atom is -0.480 e. The third-order valence-electron chi connectivity index (χ3n) is 4.26. The van der Waals surface area contributed by atoms with Crippen LogP contribution < -0.4 is 16.0 Å². The van der Waals surface area contributed by atoms with E-state index in [0.717, 1.165) is 0 Å². The summed E-state index contributed by atoms with van der Waals surface area (Å²) in [4.78, 5) is 41.1. The number of azide groups is 2. The first-order valence-electron chi connectivity index (χ1n) is 8.86. The fourth-order valence-corrected chi connectivity index (χ4v) is 3.08. The zero-order valence-corrected chi connectivity index (χ0v) is 15.8. The van der Waals surface area contributed by atoms with Crippen LogP contribution in [0.1, 0.15) is 26.7 Å². The van der Waals surface area contributed by atoms with Crippen LogP contribution in [0.5, 0.6) is 0 Å². The average molecular weight is 395 g/mol. The van der Waals surface area contributed by atoms with Crippen LogP contribution in [0.4, 0.5) is 0 Å². The van der Waals surface area contributed by atoms with Gasteiger partial charge in [0.1, 0.15) is 12.6 Å². The Morgan fingerprint density at radius 3 is 2.43 bits per heavy atom. The Hall–Kier alpha value is -3.01. The van der Waals surface area contributed by atoms with Crippen molar-refractivity contribution in [3.63, 3.8) is 0 Å². The van der Waals surface area contributed by atoms with Gasteiger partial charge in [0.15, 0.2) is 0 Å². The fourth-order valence-electron chi connectivity index (χ4n) is 3.08. The van der Waals surface area contributed by atoms with Crippen molar-refractivity contribution in [2.24, 2.45) is 22.1 Å². The fraction of sp³-hybridized carbons (Fsp3) is 0.800. The van der Waals surface area contributed by atoms with Gasteiger partial charge in [-0.3, -0.25) is 14.4 Å². The number of carboxylic acid groups (broad SMARTS) is 1. The molecule has 4 N–H and O–H groups in total. The third-order valence-corrected chi connectivity index (χ3v) is 4.26. The molecule has 0 aliphatic carbocycles. The average Bonchev–Trinajstić information content (AvgIpc) is 3.04. The number of aliphatic carboxylic acids is 1. The first kappa shape index (κ1) is 23.0. The SMILES string of the molecule is CC(C)C[C@H](NC(=O)[C@@H]1N[C@@H](CN=[N+]=[N-])C[C@H]1CN=[N+]=[N-])C(=O)NCC(=O)O. The summed E-state index contributed by atoms with van der Waals surface area (Å²) in [5.41, 5.74) is 17.0. The molecule has 1 rings (SSSR count). The Morgan fingerprint density at radius 1 is 1.21 bits per heavy atom. The van der Waals surface area contributed by atoms with Gasteiger partial charge in [-0.25, -0.2) is 0 Å². The van der Waals surface area contributed by atoms with Gasteiger partial charge in [0.25, 0.3) is 0 Å². The van der Waals surface area contributed by atoms with E-state index in [4.69, 9.17) is 16.2 Å². The summed E-state index contributed by atoms with van der Waals surface area (Å²) in [6.07, 6.45) is 0.795. The van der Waals surface area contributed by atoms with E-state index in [1.807, 2.05) is 13.8 Å². The van der Waals surface area contributed by atoms with Crippen LogP contribution in [-0.2, 0) is 14.4 Å². The molecule has 1 aliphatic rings. The van der Waals surface area contributed by atoms with Crippen molar-refractivity contribution in [2.75, 3.05) is 19.6 Å². The van der Waals surface area contributed by atoms with Gasteiger partial charge in [0, 0.05) is 29.0 Å². The Balaban J connectivity index is 2.86. The summed E-state index contributed by atoms with van der Waals surface area (Å²) >= 11 is 0. The van der Waals surface area contributed by atoms with Crippen LogP contribution in [0.15, 0.2) is 10.2 Å². The maximum atomic E-state index is 12.8. The molecule has 0 unspecified atom stereocenters. The van der Waals surface area contributed by atoms with Gasteiger partial charge in [-0.1, -0.05) is 24.1 Å². The van der Waals surface area contributed by atoms with E-state index >= 15 is 0 Å². The summed E-state index contributed by atoms with van der Waals surface area (Å²) in [7, 11) is 0. The number of amides is 2. The molecule has 2 amide bonds. The van der Waals surface area contributed by atoms with Gasteiger partial charge in [0.05, 0.1) is 6.04 Å². The van der Waals surface area contributed by atoms with Crippen LogP contribution in [0.2, 0.25) is 0 Å². The van der Waals surface area contributed by atoms with E-state index in [0.29, 0.717) is 12.8 Å². The minimum absolute atomic E-state index is 0.0778. The first-order valence-corrected chi connectivity index (χ1v) is 8.86. The largest absolute Gasteiger partial charge is 0.480 e. The molecule has 1 aliphatic heterocycles. The Bertz CT molecular complexity index is 670. The lowest BCUT2D eigenvalue weighted by Gasteiger charge is -2.24. The van der Waals surface area contributed by atoms with Gasteiger partial charge < -0.3 is 21.1 Å². The zero-order valence-electron chi connectivity index (χ0n) is 15.8. The number of carboxylic acids is 1. The van der Waals surface area contributed by atoms with E-state index in [9.17, 15) is 14.4 Å². The number of hydrogen-bond donors (Lipinski definition) is 4. The summed E-state index contributed by atoms with van der Waals surface area (Å²) < 4.78 is 0. The molecule has 28 heavy (non-hydrogen) atoms. The molecule has 0 radical (unpaired) electrons. The second-order valence-corrected chi connectivity index (χ2v) is 6.97. The molecule has 0 bridgehead atoms. The van der Waals surface area contributed by atoms with Crippen LogP contribution in [0, 0.1) is 11.8 Å². The number of nitrogens with one attached hydrogen (secondary N) is 3. The lowest BCUT2D eigenvalue weighted by Crippen LogP contribution is -2.54. The smallest absolute Gasteiger partial charge is 0.322 e. The summed E-state index contributed by atoms with van der Waals surface area (Å²) in [6.45, 7) is 3.42. The number of carbonyl (C=O) groups excluding carboxylic acids is 2. The van der Waals surface area contributed by atoms with Crippen molar-refractivity contribution < 1.29 is 19.5 Å². The molecule has 0 saturated carbocycles. The van der Waals surface area contributed by atoms with Gasteiger partial charge in [-0.05, 0) is 35.7 Å². The van der Waals surface area contributed by atoms with Crippen molar-refractivity contribution in [3.05, 3.63) is 20.9 Å².